The lowest BCUT2D eigenvalue weighted by Gasteiger charge is -2.07. The van der Waals surface area contributed by atoms with Crippen molar-refractivity contribution in [2.24, 2.45) is 0 Å². The first-order valence-electron chi connectivity index (χ1n) is 9.11. The van der Waals surface area contributed by atoms with Crippen molar-refractivity contribution >= 4 is 17.9 Å². The van der Waals surface area contributed by atoms with Crippen molar-refractivity contribution in [3.05, 3.63) is 107 Å². The normalized spacial score (nSPS) is 13.9. The predicted molar refractivity (Wildman–Crippen MR) is 111 cm³/mol. The van der Waals surface area contributed by atoms with Crippen molar-refractivity contribution in [3.63, 3.8) is 0 Å². The smallest absolute Gasteiger partial charge is 0.231 e. The second-order valence-electron chi connectivity index (χ2n) is 6.75. The lowest BCUT2D eigenvalue weighted by molar-refractivity contribution is 0.101. The summed E-state index contributed by atoms with van der Waals surface area (Å²) in [7, 11) is 0. The van der Waals surface area contributed by atoms with Crippen LogP contribution in [-0.4, -0.2) is 5.78 Å². The number of Topliss-reactive ketones (excluding diaryl/α,β-unsaturated/α-hetero) is 1. The average molecular weight is 368 g/mol. The minimum Gasteiger partial charge on any atom is -0.489 e. The van der Waals surface area contributed by atoms with Crippen LogP contribution in [0.25, 0.3) is 12.2 Å². The van der Waals surface area contributed by atoms with Crippen LogP contribution in [0, 0.1) is 6.92 Å². The minimum atomic E-state index is -0.108. The Bertz CT molecular complexity index is 1080. The molecule has 0 atom stereocenters. The summed E-state index contributed by atoms with van der Waals surface area (Å²) in [5.74, 6) is 1.42. The molecule has 0 aliphatic carbocycles. The zero-order valence-corrected chi connectivity index (χ0v) is 15.6. The Balaban J connectivity index is 1.49. The van der Waals surface area contributed by atoms with Gasteiger partial charge in [-0.05, 0) is 41.8 Å². The van der Waals surface area contributed by atoms with E-state index in [2.05, 4.69) is 6.58 Å². The summed E-state index contributed by atoms with van der Waals surface area (Å²) in [5, 5.41) is 0. The minimum absolute atomic E-state index is 0.108. The van der Waals surface area contributed by atoms with Gasteiger partial charge in [-0.25, -0.2) is 0 Å². The Morgan fingerprint density at radius 2 is 1.82 bits per heavy atom. The molecular formula is C25H20O3. The van der Waals surface area contributed by atoms with Gasteiger partial charge < -0.3 is 9.47 Å². The van der Waals surface area contributed by atoms with Crippen LogP contribution in [0.2, 0.25) is 0 Å². The zero-order valence-electron chi connectivity index (χ0n) is 15.6. The highest BCUT2D eigenvalue weighted by Gasteiger charge is 2.27. The molecule has 1 heterocycles. The molecule has 3 aromatic rings. The number of fused-ring (bicyclic) bond motifs is 1. The molecule has 0 spiro atoms. The van der Waals surface area contributed by atoms with Gasteiger partial charge in [-0.1, -0.05) is 66.7 Å². The quantitative estimate of drug-likeness (QED) is 0.531. The van der Waals surface area contributed by atoms with Gasteiger partial charge in [0.2, 0.25) is 5.78 Å². The molecule has 28 heavy (non-hydrogen) atoms. The number of carbonyl (C=O) groups excluding carboxylic acids is 1. The number of hydrogen-bond donors (Lipinski definition) is 0. The lowest BCUT2D eigenvalue weighted by Crippen LogP contribution is -1.98. The van der Waals surface area contributed by atoms with Gasteiger partial charge in [0.25, 0.3) is 0 Å². The summed E-state index contributed by atoms with van der Waals surface area (Å²) in [6.45, 7) is 6.21. The molecular weight excluding hydrogens is 348 g/mol. The van der Waals surface area contributed by atoms with Gasteiger partial charge in [0.15, 0.2) is 5.76 Å². The first-order chi connectivity index (χ1) is 13.6. The van der Waals surface area contributed by atoms with Crippen molar-refractivity contribution in [2.75, 3.05) is 0 Å². The topological polar surface area (TPSA) is 35.5 Å². The van der Waals surface area contributed by atoms with E-state index in [1.54, 1.807) is 30.4 Å². The SMILES string of the molecule is C=Cc1ccc(COc2ccc3c(c2)OC(=Cc2cccc(C)c2)C3=O)cc1. The number of aryl methyl sites for hydroxylation is 1. The summed E-state index contributed by atoms with van der Waals surface area (Å²) in [5.41, 5.74) is 4.76. The summed E-state index contributed by atoms with van der Waals surface area (Å²) >= 11 is 0. The van der Waals surface area contributed by atoms with Crippen molar-refractivity contribution < 1.29 is 14.3 Å². The Kier molecular flexibility index (Phi) is 4.81. The highest BCUT2D eigenvalue weighted by molar-refractivity contribution is 6.14. The van der Waals surface area contributed by atoms with Gasteiger partial charge >= 0.3 is 0 Å². The Hall–Kier alpha value is -3.59. The third-order valence-corrected chi connectivity index (χ3v) is 4.60. The van der Waals surface area contributed by atoms with Crippen LogP contribution in [0.1, 0.15) is 32.6 Å². The second-order valence-corrected chi connectivity index (χ2v) is 6.75. The highest BCUT2D eigenvalue weighted by atomic mass is 16.5. The van der Waals surface area contributed by atoms with Crippen LogP contribution in [-0.2, 0) is 6.61 Å². The maximum Gasteiger partial charge on any atom is 0.231 e. The van der Waals surface area contributed by atoms with Crippen molar-refractivity contribution in [1.82, 2.24) is 0 Å². The number of ether oxygens (including phenoxy) is 2. The van der Waals surface area contributed by atoms with Gasteiger partial charge in [-0.15, -0.1) is 0 Å². The molecule has 0 saturated heterocycles. The third kappa shape index (κ3) is 3.74. The van der Waals surface area contributed by atoms with E-state index in [1.807, 2.05) is 55.5 Å². The maximum atomic E-state index is 12.6. The van der Waals surface area contributed by atoms with Gasteiger partial charge in [0.1, 0.15) is 18.1 Å². The molecule has 3 heteroatoms. The lowest BCUT2D eigenvalue weighted by atomic mass is 10.1. The molecule has 4 rings (SSSR count). The van der Waals surface area contributed by atoms with Crippen LogP contribution < -0.4 is 9.47 Å². The maximum absolute atomic E-state index is 12.6. The Morgan fingerprint density at radius 3 is 2.57 bits per heavy atom. The van der Waals surface area contributed by atoms with Crippen LogP contribution in [0.3, 0.4) is 0 Å². The molecule has 1 aliphatic heterocycles. The second kappa shape index (κ2) is 7.57. The number of hydrogen-bond acceptors (Lipinski definition) is 3. The van der Waals surface area contributed by atoms with E-state index in [-0.39, 0.29) is 5.78 Å². The van der Waals surface area contributed by atoms with E-state index in [1.165, 1.54) is 0 Å². The molecule has 0 aromatic heterocycles. The first-order valence-corrected chi connectivity index (χ1v) is 9.11. The number of allylic oxidation sites excluding steroid dienone is 1. The molecule has 0 bridgehead atoms. The molecule has 0 fully saturated rings. The average Bonchev–Trinajstić information content (AvgIpc) is 3.01. The summed E-state index contributed by atoms with van der Waals surface area (Å²) < 4.78 is 11.7. The van der Waals surface area contributed by atoms with E-state index in [0.717, 1.165) is 22.3 Å². The van der Waals surface area contributed by atoms with Gasteiger partial charge in [0.05, 0.1) is 5.56 Å². The van der Waals surface area contributed by atoms with Gasteiger partial charge in [-0.3, -0.25) is 4.79 Å². The summed E-state index contributed by atoms with van der Waals surface area (Å²) in [4.78, 5) is 12.6. The van der Waals surface area contributed by atoms with Crippen LogP contribution in [0.5, 0.6) is 11.5 Å². The molecule has 0 radical (unpaired) electrons. The van der Waals surface area contributed by atoms with Crippen molar-refractivity contribution in [1.29, 1.82) is 0 Å². The fraction of sp³-hybridized carbons (Fsp3) is 0.0800. The molecule has 3 nitrogen and oxygen atoms in total. The fourth-order valence-electron chi connectivity index (χ4n) is 3.08. The molecule has 0 N–H and O–H groups in total. The van der Waals surface area contributed by atoms with Crippen LogP contribution >= 0.6 is 0 Å². The summed E-state index contributed by atoms with van der Waals surface area (Å²) in [6, 6.07) is 21.3. The standard InChI is InChI=1S/C25H20O3/c1-3-18-7-9-19(10-8-18)16-27-21-11-12-22-23(15-21)28-24(25(22)26)14-20-6-4-5-17(2)13-20/h3-15H,1,16H2,2H3. The largest absolute Gasteiger partial charge is 0.489 e. The summed E-state index contributed by atoms with van der Waals surface area (Å²) in [6.07, 6.45) is 3.58. The monoisotopic (exact) mass is 368 g/mol. The first kappa shape index (κ1) is 17.8. The van der Waals surface area contributed by atoms with Gasteiger partial charge in [0, 0.05) is 6.07 Å². The fourth-order valence-corrected chi connectivity index (χ4v) is 3.08. The predicted octanol–water partition coefficient (Wildman–Crippen LogP) is 5.83. The molecule has 0 saturated carbocycles. The van der Waals surface area contributed by atoms with Crippen LogP contribution in [0.4, 0.5) is 0 Å². The number of benzene rings is 3. The van der Waals surface area contributed by atoms with Crippen molar-refractivity contribution in [3.8, 4) is 11.5 Å². The van der Waals surface area contributed by atoms with E-state index in [0.29, 0.717) is 29.4 Å². The Labute approximate surface area is 164 Å². The van der Waals surface area contributed by atoms with E-state index < -0.39 is 0 Å². The van der Waals surface area contributed by atoms with Gasteiger partial charge in [-0.2, -0.15) is 0 Å². The molecule has 0 amide bonds. The molecule has 0 unspecified atom stereocenters. The van der Waals surface area contributed by atoms with E-state index >= 15 is 0 Å². The number of ketones is 1. The highest BCUT2D eigenvalue weighted by Crippen LogP contribution is 2.35. The third-order valence-electron chi connectivity index (χ3n) is 4.60. The number of rotatable bonds is 5. The number of carbonyl (C=O) groups is 1. The van der Waals surface area contributed by atoms with Crippen molar-refractivity contribution in [2.45, 2.75) is 13.5 Å². The van der Waals surface area contributed by atoms with E-state index in [9.17, 15) is 4.79 Å². The molecule has 3 aromatic carbocycles. The zero-order chi connectivity index (χ0) is 19.5. The molecule has 138 valence electrons. The molecule has 1 aliphatic rings. The van der Waals surface area contributed by atoms with E-state index in [4.69, 9.17) is 9.47 Å². The van der Waals surface area contributed by atoms with Crippen LogP contribution in [0.15, 0.2) is 79.1 Å². The Morgan fingerprint density at radius 1 is 1.00 bits per heavy atom.